The molecular formula is C25H24N2O2. The van der Waals surface area contributed by atoms with E-state index in [0.29, 0.717) is 17.4 Å². The highest BCUT2D eigenvalue weighted by atomic mass is 16.3. The first kappa shape index (κ1) is 18.9. The molecule has 0 saturated heterocycles. The van der Waals surface area contributed by atoms with Crippen molar-refractivity contribution >= 4 is 22.7 Å². The number of carbonyl (C=O) groups excluding carboxylic acids is 1. The zero-order valence-corrected chi connectivity index (χ0v) is 16.9. The van der Waals surface area contributed by atoms with Gasteiger partial charge >= 0.3 is 0 Å². The maximum atomic E-state index is 12.4. The van der Waals surface area contributed by atoms with Crippen molar-refractivity contribution in [2.24, 2.45) is 0 Å². The van der Waals surface area contributed by atoms with E-state index < -0.39 is 0 Å². The summed E-state index contributed by atoms with van der Waals surface area (Å²) in [6.45, 7) is 6.41. The molecule has 0 atom stereocenters. The molecule has 4 heteroatoms. The van der Waals surface area contributed by atoms with Gasteiger partial charge in [-0.25, -0.2) is 4.98 Å². The molecule has 0 unspecified atom stereocenters. The summed E-state index contributed by atoms with van der Waals surface area (Å²) in [4.78, 5) is 17.1. The minimum absolute atomic E-state index is 0.122. The largest absolute Gasteiger partial charge is 0.436 e. The number of aromatic nitrogens is 1. The Bertz CT molecular complexity index is 1140. The molecule has 0 radical (unpaired) electrons. The van der Waals surface area contributed by atoms with E-state index in [1.807, 2.05) is 54.6 Å². The molecule has 146 valence electrons. The first-order valence-electron chi connectivity index (χ1n) is 9.94. The lowest BCUT2D eigenvalue weighted by atomic mass is 10.0. The Labute approximate surface area is 170 Å². The van der Waals surface area contributed by atoms with Crippen molar-refractivity contribution in [1.29, 1.82) is 0 Å². The van der Waals surface area contributed by atoms with Crippen LogP contribution in [0.25, 0.3) is 22.6 Å². The van der Waals surface area contributed by atoms with Gasteiger partial charge in [-0.15, -0.1) is 0 Å². The van der Waals surface area contributed by atoms with Gasteiger partial charge in [-0.05, 0) is 72.0 Å². The molecule has 0 aliphatic rings. The Balaban J connectivity index is 1.51. The number of rotatable bonds is 5. The van der Waals surface area contributed by atoms with Gasteiger partial charge in [-0.3, -0.25) is 4.79 Å². The van der Waals surface area contributed by atoms with E-state index >= 15 is 0 Å². The van der Waals surface area contributed by atoms with E-state index in [9.17, 15) is 4.79 Å². The minimum atomic E-state index is -0.122. The lowest BCUT2D eigenvalue weighted by Crippen LogP contribution is -2.11. The van der Waals surface area contributed by atoms with Gasteiger partial charge in [0.05, 0.1) is 0 Å². The number of benzene rings is 3. The number of carbonyl (C=O) groups is 1. The number of oxazole rings is 1. The van der Waals surface area contributed by atoms with Gasteiger partial charge in [0.2, 0.25) is 5.89 Å². The SMILES string of the molecule is CCc1ccc(C(=O)Nc2ccc(-c3nc4cc(C(C)C)ccc4o3)cc2)cc1. The molecule has 0 bridgehead atoms. The van der Waals surface area contributed by atoms with Crippen LogP contribution in [0.1, 0.15) is 48.2 Å². The Morgan fingerprint density at radius 1 is 1.00 bits per heavy atom. The van der Waals surface area contributed by atoms with Crippen molar-refractivity contribution in [2.45, 2.75) is 33.1 Å². The molecule has 1 amide bonds. The van der Waals surface area contributed by atoms with Crippen LogP contribution in [-0.2, 0) is 6.42 Å². The number of fused-ring (bicyclic) bond motifs is 1. The highest BCUT2D eigenvalue weighted by molar-refractivity contribution is 6.04. The van der Waals surface area contributed by atoms with Crippen molar-refractivity contribution in [3.8, 4) is 11.5 Å². The highest BCUT2D eigenvalue weighted by Crippen LogP contribution is 2.27. The molecule has 29 heavy (non-hydrogen) atoms. The third kappa shape index (κ3) is 4.06. The molecule has 0 saturated carbocycles. The second-order valence-corrected chi connectivity index (χ2v) is 7.48. The van der Waals surface area contributed by atoms with Crippen molar-refractivity contribution < 1.29 is 9.21 Å². The van der Waals surface area contributed by atoms with Crippen LogP contribution in [0, 0.1) is 0 Å². The zero-order chi connectivity index (χ0) is 20.4. The Hall–Kier alpha value is -3.40. The zero-order valence-electron chi connectivity index (χ0n) is 16.9. The van der Waals surface area contributed by atoms with Gasteiger partial charge in [-0.2, -0.15) is 0 Å². The molecule has 3 aromatic carbocycles. The third-order valence-electron chi connectivity index (χ3n) is 5.09. The van der Waals surface area contributed by atoms with Crippen LogP contribution >= 0.6 is 0 Å². The van der Waals surface area contributed by atoms with Crippen LogP contribution in [0.5, 0.6) is 0 Å². The number of hydrogen-bond acceptors (Lipinski definition) is 3. The predicted molar refractivity (Wildman–Crippen MR) is 117 cm³/mol. The number of nitrogens with one attached hydrogen (secondary N) is 1. The fourth-order valence-electron chi connectivity index (χ4n) is 3.22. The van der Waals surface area contributed by atoms with Crippen molar-refractivity contribution in [1.82, 2.24) is 4.98 Å². The molecule has 4 rings (SSSR count). The highest BCUT2D eigenvalue weighted by Gasteiger charge is 2.11. The average Bonchev–Trinajstić information content (AvgIpc) is 3.17. The van der Waals surface area contributed by atoms with Gasteiger partial charge in [0.15, 0.2) is 5.58 Å². The van der Waals surface area contributed by atoms with Gasteiger partial charge in [-0.1, -0.05) is 39.0 Å². The average molecular weight is 384 g/mol. The monoisotopic (exact) mass is 384 g/mol. The lowest BCUT2D eigenvalue weighted by molar-refractivity contribution is 0.102. The number of anilines is 1. The summed E-state index contributed by atoms with van der Waals surface area (Å²) in [5, 5.41) is 2.93. The standard InChI is InChI=1S/C25H24N2O2/c1-4-17-5-7-18(8-6-17)24(28)26-21-12-9-19(10-13-21)25-27-22-15-20(16(2)3)11-14-23(22)29-25/h5-16H,4H2,1-3H3,(H,26,28). The molecule has 4 nitrogen and oxygen atoms in total. The third-order valence-corrected chi connectivity index (χ3v) is 5.09. The van der Waals surface area contributed by atoms with Crippen LogP contribution in [0.15, 0.2) is 71.1 Å². The van der Waals surface area contributed by atoms with E-state index in [0.717, 1.165) is 28.8 Å². The summed E-state index contributed by atoms with van der Waals surface area (Å²) in [6.07, 6.45) is 0.956. The molecule has 1 aromatic heterocycles. The normalized spacial score (nSPS) is 11.2. The van der Waals surface area contributed by atoms with Crippen LogP contribution in [0.3, 0.4) is 0 Å². The van der Waals surface area contributed by atoms with Crippen molar-refractivity contribution in [3.63, 3.8) is 0 Å². The topological polar surface area (TPSA) is 55.1 Å². The molecule has 4 aromatic rings. The van der Waals surface area contributed by atoms with Crippen LogP contribution < -0.4 is 5.32 Å². The first-order valence-corrected chi connectivity index (χ1v) is 9.94. The van der Waals surface area contributed by atoms with Crippen molar-refractivity contribution in [3.05, 3.63) is 83.4 Å². The van der Waals surface area contributed by atoms with Gasteiger partial charge in [0.1, 0.15) is 5.52 Å². The van der Waals surface area contributed by atoms with Crippen LogP contribution in [0.2, 0.25) is 0 Å². The van der Waals surface area contributed by atoms with E-state index in [1.54, 1.807) is 0 Å². The lowest BCUT2D eigenvalue weighted by Gasteiger charge is -2.06. The smallest absolute Gasteiger partial charge is 0.255 e. The molecule has 1 N–H and O–H groups in total. The maximum absolute atomic E-state index is 12.4. The van der Waals surface area contributed by atoms with Crippen LogP contribution in [0.4, 0.5) is 5.69 Å². The van der Waals surface area contributed by atoms with E-state index in [1.165, 1.54) is 11.1 Å². The maximum Gasteiger partial charge on any atom is 0.255 e. The summed E-state index contributed by atoms with van der Waals surface area (Å²) < 4.78 is 5.90. The predicted octanol–water partition coefficient (Wildman–Crippen LogP) is 6.43. The van der Waals surface area contributed by atoms with Gasteiger partial charge < -0.3 is 9.73 Å². The summed E-state index contributed by atoms with van der Waals surface area (Å²) in [5.41, 5.74) is 6.34. The van der Waals surface area contributed by atoms with Gasteiger partial charge in [0, 0.05) is 16.8 Å². The van der Waals surface area contributed by atoms with E-state index in [2.05, 4.69) is 43.2 Å². The molecule has 0 aliphatic carbocycles. The first-order chi connectivity index (χ1) is 14.0. The second-order valence-electron chi connectivity index (χ2n) is 7.48. The number of amides is 1. The molecule has 0 fully saturated rings. The van der Waals surface area contributed by atoms with Crippen LogP contribution in [-0.4, -0.2) is 10.9 Å². The minimum Gasteiger partial charge on any atom is -0.436 e. The fourth-order valence-corrected chi connectivity index (χ4v) is 3.22. The Morgan fingerprint density at radius 2 is 1.72 bits per heavy atom. The number of nitrogens with zero attached hydrogens (tertiary/aromatic N) is 1. The summed E-state index contributed by atoms with van der Waals surface area (Å²) in [5.74, 6) is 0.901. The number of hydrogen-bond donors (Lipinski definition) is 1. The molecular weight excluding hydrogens is 360 g/mol. The van der Waals surface area contributed by atoms with E-state index in [-0.39, 0.29) is 5.91 Å². The van der Waals surface area contributed by atoms with Crippen molar-refractivity contribution in [2.75, 3.05) is 5.32 Å². The summed E-state index contributed by atoms with van der Waals surface area (Å²) in [7, 11) is 0. The quantitative estimate of drug-likeness (QED) is 0.431. The number of aryl methyl sites for hydroxylation is 1. The molecule has 0 spiro atoms. The van der Waals surface area contributed by atoms with Gasteiger partial charge in [0.25, 0.3) is 5.91 Å². The molecule has 0 aliphatic heterocycles. The summed E-state index contributed by atoms with van der Waals surface area (Å²) in [6, 6.07) is 21.3. The Kier molecular flexibility index (Phi) is 5.17. The Morgan fingerprint density at radius 3 is 2.38 bits per heavy atom. The summed E-state index contributed by atoms with van der Waals surface area (Å²) >= 11 is 0. The van der Waals surface area contributed by atoms with E-state index in [4.69, 9.17) is 4.42 Å². The molecule has 1 heterocycles. The fraction of sp³-hybridized carbons (Fsp3) is 0.200. The second kappa shape index (κ2) is 7.92.